The van der Waals surface area contributed by atoms with Crippen LogP contribution in [0.2, 0.25) is 0 Å². The van der Waals surface area contributed by atoms with Crippen molar-refractivity contribution >= 4 is 0 Å². The molecule has 1 saturated carbocycles. The van der Waals surface area contributed by atoms with E-state index in [0.29, 0.717) is 18.6 Å². The first kappa shape index (κ1) is 16.8. The lowest BCUT2D eigenvalue weighted by molar-refractivity contribution is 0.210. The molecule has 0 saturated heterocycles. The number of nitrogens with two attached hydrogens (primary N) is 1. The van der Waals surface area contributed by atoms with Crippen molar-refractivity contribution in [1.82, 2.24) is 0 Å². The predicted octanol–water partition coefficient (Wildman–Crippen LogP) is 4.30. The molecule has 2 aromatic rings. The summed E-state index contributed by atoms with van der Waals surface area (Å²) >= 11 is 0. The molecular weight excluding hydrogens is 298 g/mol. The Morgan fingerprint density at radius 1 is 0.958 bits per heavy atom. The van der Waals surface area contributed by atoms with E-state index in [-0.39, 0.29) is 0 Å². The van der Waals surface area contributed by atoms with Gasteiger partial charge in [0, 0.05) is 5.92 Å². The lowest BCUT2D eigenvalue weighted by Gasteiger charge is -2.17. The van der Waals surface area contributed by atoms with Crippen molar-refractivity contribution in [3.63, 3.8) is 0 Å². The molecule has 1 aliphatic rings. The molecule has 3 rings (SSSR count). The molecule has 128 valence electrons. The summed E-state index contributed by atoms with van der Waals surface area (Å²) in [6, 6.07) is 16.7. The third kappa shape index (κ3) is 4.30. The molecule has 1 atom stereocenters. The van der Waals surface area contributed by atoms with Crippen molar-refractivity contribution in [1.29, 1.82) is 0 Å². The number of hydrogen-bond donors (Lipinski definition) is 1. The van der Waals surface area contributed by atoms with E-state index < -0.39 is 0 Å². The second-order valence-corrected chi connectivity index (χ2v) is 6.58. The lowest BCUT2D eigenvalue weighted by Crippen LogP contribution is -2.15. The average molecular weight is 325 g/mol. The summed E-state index contributed by atoms with van der Waals surface area (Å²) < 4.78 is 11.3. The van der Waals surface area contributed by atoms with Gasteiger partial charge in [0.1, 0.15) is 11.5 Å². The van der Waals surface area contributed by atoms with Gasteiger partial charge < -0.3 is 15.2 Å². The van der Waals surface area contributed by atoms with Gasteiger partial charge in [-0.2, -0.15) is 0 Å². The van der Waals surface area contributed by atoms with Crippen molar-refractivity contribution in [3.05, 3.63) is 59.7 Å². The molecule has 1 aliphatic carbocycles. The van der Waals surface area contributed by atoms with E-state index in [1.807, 2.05) is 12.1 Å². The first-order valence-corrected chi connectivity index (χ1v) is 8.88. The zero-order valence-corrected chi connectivity index (χ0v) is 14.4. The molecule has 2 aromatic carbocycles. The maximum atomic E-state index is 6.03. The zero-order chi connectivity index (χ0) is 16.8. The molecular formula is C21H27NO2. The van der Waals surface area contributed by atoms with Crippen LogP contribution in [0, 0.1) is 0 Å². The Labute approximate surface area is 144 Å². The van der Waals surface area contributed by atoms with Crippen LogP contribution in [-0.2, 0) is 6.42 Å². The number of methoxy groups -OCH3 is 1. The van der Waals surface area contributed by atoms with Crippen molar-refractivity contribution in [2.24, 2.45) is 5.73 Å². The molecule has 0 bridgehead atoms. The quantitative estimate of drug-likeness (QED) is 0.825. The van der Waals surface area contributed by atoms with Gasteiger partial charge in [0.25, 0.3) is 0 Å². The summed E-state index contributed by atoms with van der Waals surface area (Å²) in [7, 11) is 1.69. The molecule has 2 N–H and O–H groups in total. The summed E-state index contributed by atoms with van der Waals surface area (Å²) in [5.41, 5.74) is 8.55. The second kappa shape index (κ2) is 8.20. The molecule has 3 nitrogen and oxygen atoms in total. The van der Waals surface area contributed by atoms with Gasteiger partial charge in [-0.1, -0.05) is 24.3 Å². The minimum Gasteiger partial charge on any atom is -0.497 e. The average Bonchev–Trinajstić information content (AvgIpc) is 3.14. The van der Waals surface area contributed by atoms with Gasteiger partial charge in [-0.3, -0.25) is 0 Å². The van der Waals surface area contributed by atoms with E-state index in [4.69, 9.17) is 15.2 Å². The van der Waals surface area contributed by atoms with Crippen LogP contribution in [0.5, 0.6) is 11.5 Å². The summed E-state index contributed by atoms with van der Waals surface area (Å²) in [6.07, 6.45) is 6.31. The highest BCUT2D eigenvalue weighted by Crippen LogP contribution is 2.26. The van der Waals surface area contributed by atoms with Gasteiger partial charge in [-0.25, -0.2) is 0 Å². The van der Waals surface area contributed by atoms with Crippen LogP contribution < -0.4 is 15.2 Å². The van der Waals surface area contributed by atoms with Crippen molar-refractivity contribution < 1.29 is 9.47 Å². The fourth-order valence-electron chi connectivity index (χ4n) is 3.40. The van der Waals surface area contributed by atoms with E-state index >= 15 is 0 Å². The maximum absolute atomic E-state index is 6.03. The minimum atomic E-state index is 0.317. The van der Waals surface area contributed by atoms with Crippen LogP contribution in [0.1, 0.15) is 42.7 Å². The van der Waals surface area contributed by atoms with Crippen LogP contribution in [0.15, 0.2) is 48.5 Å². The smallest absolute Gasteiger partial charge is 0.119 e. The van der Waals surface area contributed by atoms with E-state index in [0.717, 1.165) is 17.9 Å². The van der Waals surface area contributed by atoms with Gasteiger partial charge in [-0.15, -0.1) is 0 Å². The van der Waals surface area contributed by atoms with E-state index in [1.165, 1.54) is 36.8 Å². The first-order chi connectivity index (χ1) is 11.8. The number of ether oxygens (including phenoxy) is 2. The van der Waals surface area contributed by atoms with Gasteiger partial charge >= 0.3 is 0 Å². The molecule has 0 radical (unpaired) electrons. The highest BCUT2D eigenvalue weighted by Gasteiger charge is 2.16. The molecule has 0 aliphatic heterocycles. The van der Waals surface area contributed by atoms with Crippen LogP contribution in [0.4, 0.5) is 0 Å². The fourth-order valence-corrected chi connectivity index (χ4v) is 3.40. The molecule has 0 aromatic heterocycles. The summed E-state index contributed by atoms with van der Waals surface area (Å²) in [6.45, 7) is 0.632. The zero-order valence-electron chi connectivity index (χ0n) is 14.4. The third-order valence-electron chi connectivity index (χ3n) is 4.88. The first-order valence-electron chi connectivity index (χ1n) is 8.88. The van der Waals surface area contributed by atoms with E-state index in [2.05, 4.69) is 36.4 Å². The minimum absolute atomic E-state index is 0.317. The SMILES string of the molecule is COc1ccc(C(CN)Cc2ccc(OC3CCCC3)cc2)cc1. The van der Waals surface area contributed by atoms with Gasteiger partial charge in [0.2, 0.25) is 0 Å². The summed E-state index contributed by atoms with van der Waals surface area (Å²) in [5, 5.41) is 0. The number of benzene rings is 2. The summed E-state index contributed by atoms with van der Waals surface area (Å²) in [4.78, 5) is 0. The van der Waals surface area contributed by atoms with Crippen LogP contribution in [-0.4, -0.2) is 19.8 Å². The topological polar surface area (TPSA) is 44.5 Å². The Balaban J connectivity index is 1.62. The van der Waals surface area contributed by atoms with Gasteiger partial charge in [0.15, 0.2) is 0 Å². The molecule has 3 heteroatoms. The van der Waals surface area contributed by atoms with Crippen molar-refractivity contribution in [3.8, 4) is 11.5 Å². The molecule has 1 unspecified atom stereocenters. The Kier molecular flexibility index (Phi) is 5.76. The number of rotatable bonds is 7. The molecule has 0 spiro atoms. The molecule has 0 amide bonds. The highest BCUT2D eigenvalue weighted by atomic mass is 16.5. The maximum Gasteiger partial charge on any atom is 0.119 e. The predicted molar refractivity (Wildman–Crippen MR) is 97.8 cm³/mol. The monoisotopic (exact) mass is 325 g/mol. The van der Waals surface area contributed by atoms with Gasteiger partial charge in [-0.05, 0) is 74.0 Å². The Morgan fingerprint density at radius 3 is 2.17 bits per heavy atom. The molecule has 0 heterocycles. The van der Waals surface area contributed by atoms with Gasteiger partial charge in [0.05, 0.1) is 13.2 Å². The summed E-state index contributed by atoms with van der Waals surface area (Å²) in [5.74, 6) is 2.18. The van der Waals surface area contributed by atoms with Crippen LogP contribution in [0.25, 0.3) is 0 Å². The Hall–Kier alpha value is -2.00. The van der Waals surface area contributed by atoms with E-state index in [9.17, 15) is 0 Å². The largest absolute Gasteiger partial charge is 0.497 e. The Morgan fingerprint density at radius 2 is 1.58 bits per heavy atom. The Bertz CT molecular complexity index is 615. The second-order valence-electron chi connectivity index (χ2n) is 6.58. The van der Waals surface area contributed by atoms with Crippen LogP contribution in [0.3, 0.4) is 0 Å². The van der Waals surface area contributed by atoms with Crippen molar-refractivity contribution in [2.45, 2.75) is 44.1 Å². The van der Waals surface area contributed by atoms with Crippen LogP contribution >= 0.6 is 0 Å². The standard InChI is InChI=1S/C21H27NO2/c1-23-19-12-8-17(9-13-19)18(15-22)14-16-6-10-21(11-7-16)24-20-4-2-3-5-20/h6-13,18,20H,2-5,14-15,22H2,1H3. The molecule has 24 heavy (non-hydrogen) atoms. The number of hydrogen-bond acceptors (Lipinski definition) is 3. The lowest BCUT2D eigenvalue weighted by atomic mass is 9.92. The van der Waals surface area contributed by atoms with Crippen molar-refractivity contribution in [2.75, 3.05) is 13.7 Å². The molecule has 1 fully saturated rings. The van der Waals surface area contributed by atoms with E-state index in [1.54, 1.807) is 7.11 Å². The normalized spacial score (nSPS) is 16.1. The fraction of sp³-hybridized carbons (Fsp3) is 0.429. The highest BCUT2D eigenvalue weighted by molar-refractivity contribution is 5.33. The third-order valence-corrected chi connectivity index (χ3v) is 4.88.